The summed E-state index contributed by atoms with van der Waals surface area (Å²) in [6.07, 6.45) is -0.798. The number of β-lactam (4-membered cyclic amide) rings is 1. The number of hydrogen-bond donors (Lipinski definition) is 1. The first kappa shape index (κ1) is 21.6. The Balaban J connectivity index is 2.37. The Morgan fingerprint density at radius 2 is 1.81 bits per heavy atom. The number of halogens is 1. The highest BCUT2D eigenvalue weighted by Crippen LogP contribution is 2.40. The van der Waals surface area contributed by atoms with Gasteiger partial charge in [0, 0.05) is 12.5 Å². The van der Waals surface area contributed by atoms with E-state index in [0.717, 1.165) is 5.56 Å². The number of alkyl halides is 1. The highest BCUT2D eigenvalue weighted by atomic mass is 79.9. The molecular formula is C19H27BrN2O4Si. The number of ether oxygens (including phenoxy) is 1. The van der Waals surface area contributed by atoms with E-state index >= 15 is 0 Å². The molecule has 1 aliphatic rings. The summed E-state index contributed by atoms with van der Waals surface area (Å²) in [7, 11) is -1.81. The molecule has 8 heteroatoms. The van der Waals surface area contributed by atoms with Gasteiger partial charge >= 0.3 is 5.97 Å². The molecule has 2 rings (SSSR count). The lowest BCUT2D eigenvalue weighted by molar-refractivity contribution is -0.209. The van der Waals surface area contributed by atoms with Crippen molar-refractivity contribution in [2.45, 2.75) is 62.5 Å². The van der Waals surface area contributed by atoms with Crippen LogP contribution in [-0.4, -0.2) is 48.4 Å². The van der Waals surface area contributed by atoms with Crippen LogP contribution in [0.4, 0.5) is 0 Å². The van der Waals surface area contributed by atoms with Crippen LogP contribution in [0.2, 0.25) is 13.1 Å². The van der Waals surface area contributed by atoms with Crippen LogP contribution in [0.3, 0.4) is 0 Å². The second-order valence-electron chi connectivity index (χ2n) is 8.09. The minimum absolute atomic E-state index is 0.191. The van der Waals surface area contributed by atoms with E-state index in [1.165, 1.54) is 6.92 Å². The van der Waals surface area contributed by atoms with Crippen LogP contribution in [0.5, 0.6) is 0 Å². The Hall–Kier alpha value is -1.67. The largest absolute Gasteiger partial charge is 0.439 e. The molecule has 0 radical (unpaired) electrons. The van der Waals surface area contributed by atoms with Crippen LogP contribution < -0.4 is 5.32 Å². The molecule has 1 unspecified atom stereocenters. The molecule has 0 spiro atoms. The van der Waals surface area contributed by atoms with Gasteiger partial charge in [0.25, 0.3) is 5.91 Å². The predicted octanol–water partition coefficient (Wildman–Crippen LogP) is 2.53. The average molecular weight is 455 g/mol. The fourth-order valence-corrected chi connectivity index (χ4v) is 5.61. The maximum absolute atomic E-state index is 13.2. The molecule has 3 atom stereocenters. The third-order valence-corrected chi connectivity index (χ3v) is 8.20. The lowest BCUT2D eigenvalue weighted by Gasteiger charge is -2.60. The van der Waals surface area contributed by atoms with E-state index in [1.807, 2.05) is 64.2 Å². The number of amides is 2. The van der Waals surface area contributed by atoms with Gasteiger partial charge in [0.05, 0.1) is 8.80 Å². The summed E-state index contributed by atoms with van der Waals surface area (Å²) in [6.45, 7) is 10.9. The number of esters is 1. The number of carbonyl (C=O) groups excluding carboxylic acids is 3. The lowest BCUT2D eigenvalue weighted by Crippen LogP contribution is -2.88. The normalized spacial score (nSPS) is 23.6. The summed E-state index contributed by atoms with van der Waals surface area (Å²) in [5.41, 5.74) is 0.265. The zero-order valence-corrected chi connectivity index (χ0v) is 19.3. The van der Waals surface area contributed by atoms with Crippen LogP contribution in [-0.2, 0) is 19.1 Å². The van der Waals surface area contributed by atoms with Crippen molar-refractivity contribution in [1.29, 1.82) is 0 Å². The number of likely N-dealkylation sites (tertiary alicyclic amines) is 1. The Morgan fingerprint density at radius 3 is 2.26 bits per heavy atom. The minimum Gasteiger partial charge on any atom is -0.439 e. The zero-order chi connectivity index (χ0) is 20.6. The van der Waals surface area contributed by atoms with E-state index in [4.69, 9.17) is 4.74 Å². The fraction of sp³-hybridized carbons (Fsp3) is 0.526. The van der Waals surface area contributed by atoms with E-state index in [-0.39, 0.29) is 11.8 Å². The predicted molar refractivity (Wildman–Crippen MR) is 110 cm³/mol. The van der Waals surface area contributed by atoms with Gasteiger partial charge in [-0.05, 0) is 26.3 Å². The second kappa shape index (κ2) is 7.75. The minimum atomic E-state index is -1.81. The molecule has 1 aliphatic heterocycles. The second-order valence-corrected chi connectivity index (χ2v) is 12.2. The van der Waals surface area contributed by atoms with E-state index in [1.54, 1.807) is 4.90 Å². The molecule has 6 nitrogen and oxygen atoms in total. The van der Waals surface area contributed by atoms with Crippen LogP contribution in [0, 0.1) is 0 Å². The molecule has 1 aromatic rings. The summed E-state index contributed by atoms with van der Waals surface area (Å²) >= 11 is 3.42. The number of carbonyl (C=O) groups is 3. The summed E-state index contributed by atoms with van der Waals surface area (Å²) in [4.78, 5) is 38.8. The number of benzene rings is 1. The number of nitrogens with one attached hydrogen (secondary N) is 1. The smallest absolute Gasteiger partial charge is 0.304 e. The third kappa shape index (κ3) is 3.96. The number of rotatable bonds is 5. The third-order valence-electron chi connectivity index (χ3n) is 4.76. The van der Waals surface area contributed by atoms with E-state index in [9.17, 15) is 14.4 Å². The van der Waals surface area contributed by atoms with Gasteiger partial charge in [0.2, 0.25) is 12.1 Å². The summed E-state index contributed by atoms with van der Waals surface area (Å²) < 4.78 is 5.53. The quantitative estimate of drug-likeness (QED) is 0.321. The SMILES string of the molecule is CC(=O)O[C@@H]1N(C(C)(C)C)C(=O)[C@@]1(NC(=O)C(Br)c1ccccc1)[SiH](C)C. The van der Waals surface area contributed by atoms with E-state index in [2.05, 4.69) is 21.2 Å². The van der Waals surface area contributed by atoms with Crippen molar-refractivity contribution >= 4 is 42.5 Å². The first-order chi connectivity index (χ1) is 12.4. The van der Waals surface area contributed by atoms with Gasteiger partial charge in [-0.15, -0.1) is 0 Å². The lowest BCUT2D eigenvalue weighted by atomic mass is 9.93. The van der Waals surface area contributed by atoms with Gasteiger partial charge in [-0.2, -0.15) is 0 Å². The molecule has 1 fully saturated rings. The van der Waals surface area contributed by atoms with Crippen molar-refractivity contribution in [3.8, 4) is 0 Å². The number of nitrogens with zero attached hydrogens (tertiary/aromatic N) is 1. The van der Waals surface area contributed by atoms with Crippen LogP contribution in [0.15, 0.2) is 30.3 Å². The van der Waals surface area contributed by atoms with Crippen molar-refractivity contribution in [3.05, 3.63) is 35.9 Å². The van der Waals surface area contributed by atoms with Crippen LogP contribution >= 0.6 is 15.9 Å². The Kier molecular flexibility index (Phi) is 6.21. The molecule has 148 valence electrons. The molecule has 1 aromatic carbocycles. The van der Waals surface area contributed by atoms with Crippen molar-refractivity contribution in [2.24, 2.45) is 0 Å². The van der Waals surface area contributed by atoms with Crippen LogP contribution in [0.25, 0.3) is 0 Å². The number of hydrogen-bond acceptors (Lipinski definition) is 4. The van der Waals surface area contributed by atoms with Crippen molar-refractivity contribution in [1.82, 2.24) is 10.2 Å². The molecule has 0 aromatic heterocycles. The van der Waals surface area contributed by atoms with Gasteiger partial charge in [0.15, 0.2) is 5.16 Å². The molecule has 0 aliphatic carbocycles. The molecule has 0 bridgehead atoms. The van der Waals surface area contributed by atoms with E-state index in [0.29, 0.717) is 0 Å². The molecule has 2 amide bonds. The monoisotopic (exact) mass is 454 g/mol. The summed E-state index contributed by atoms with van der Waals surface area (Å²) in [6, 6.07) is 9.25. The Bertz CT molecular complexity index is 735. The maximum Gasteiger partial charge on any atom is 0.304 e. The first-order valence-corrected chi connectivity index (χ1v) is 12.7. The highest BCUT2D eigenvalue weighted by Gasteiger charge is 2.68. The molecule has 1 heterocycles. The zero-order valence-electron chi connectivity index (χ0n) is 16.6. The standard InChI is InChI=1S/C19H27BrN2O4Si/c1-12(23)26-17-19(27(5)6,16(25)22(17)18(2,3)4)21-15(24)14(20)13-10-8-7-9-11-13/h7-11,14,17,27H,1-6H3,(H,21,24)/t14?,17-,19+/m0/s1. The van der Waals surface area contributed by atoms with Gasteiger partial charge in [-0.1, -0.05) is 59.4 Å². The van der Waals surface area contributed by atoms with Gasteiger partial charge in [0.1, 0.15) is 4.83 Å². The molecule has 0 saturated carbocycles. The van der Waals surface area contributed by atoms with Crippen molar-refractivity contribution in [3.63, 3.8) is 0 Å². The first-order valence-electron chi connectivity index (χ1n) is 8.95. The fourth-order valence-electron chi connectivity index (χ4n) is 3.34. The van der Waals surface area contributed by atoms with Gasteiger partial charge in [-0.25, -0.2) is 0 Å². The molecule has 1 N–H and O–H groups in total. The Morgan fingerprint density at radius 1 is 1.26 bits per heavy atom. The molecular weight excluding hydrogens is 428 g/mol. The highest BCUT2D eigenvalue weighted by molar-refractivity contribution is 9.09. The van der Waals surface area contributed by atoms with E-state index < -0.39 is 36.5 Å². The summed E-state index contributed by atoms with van der Waals surface area (Å²) in [5, 5.41) is 1.79. The van der Waals surface area contributed by atoms with Crippen LogP contribution in [0.1, 0.15) is 38.1 Å². The maximum atomic E-state index is 13.2. The summed E-state index contributed by atoms with van der Waals surface area (Å²) in [5.74, 6) is -0.987. The molecule has 1 saturated heterocycles. The Labute approximate surface area is 170 Å². The van der Waals surface area contributed by atoms with Gasteiger partial charge < -0.3 is 10.1 Å². The average Bonchev–Trinajstić information content (AvgIpc) is 2.57. The topological polar surface area (TPSA) is 75.7 Å². The van der Waals surface area contributed by atoms with Crippen molar-refractivity contribution < 1.29 is 19.1 Å². The molecule has 27 heavy (non-hydrogen) atoms. The van der Waals surface area contributed by atoms with Crippen molar-refractivity contribution in [2.75, 3.05) is 0 Å². The van der Waals surface area contributed by atoms with Gasteiger partial charge in [-0.3, -0.25) is 19.3 Å².